The summed E-state index contributed by atoms with van der Waals surface area (Å²) in [7, 11) is -4.09. The number of hydrogen-bond donors (Lipinski definition) is 1. The summed E-state index contributed by atoms with van der Waals surface area (Å²) in [5, 5.41) is 2.65. The zero-order chi connectivity index (χ0) is 25.3. The highest BCUT2D eigenvalue weighted by molar-refractivity contribution is 7.89. The van der Waals surface area contributed by atoms with Crippen LogP contribution < -0.4 is 5.32 Å². The monoisotopic (exact) mass is 498 g/mol. The molecule has 35 heavy (non-hydrogen) atoms. The van der Waals surface area contributed by atoms with Gasteiger partial charge in [-0.3, -0.25) is 4.79 Å². The van der Waals surface area contributed by atoms with E-state index >= 15 is 0 Å². The maximum Gasteiger partial charge on any atom is 0.338 e. The van der Waals surface area contributed by atoms with E-state index in [1.165, 1.54) is 24.3 Å². The van der Waals surface area contributed by atoms with E-state index in [0.29, 0.717) is 23.4 Å². The van der Waals surface area contributed by atoms with Crippen LogP contribution in [0.15, 0.2) is 83.8 Å². The lowest BCUT2D eigenvalue weighted by molar-refractivity contribution is -0.116. The van der Waals surface area contributed by atoms with Crippen molar-refractivity contribution in [3.8, 4) is 0 Å². The van der Waals surface area contributed by atoms with Crippen LogP contribution in [0.5, 0.6) is 0 Å². The molecule has 0 heterocycles. The molecule has 9 heteroatoms. The van der Waals surface area contributed by atoms with Gasteiger partial charge in [-0.1, -0.05) is 43.7 Å². The number of amides is 1. The average molecular weight is 499 g/mol. The van der Waals surface area contributed by atoms with Crippen molar-refractivity contribution in [1.29, 1.82) is 0 Å². The van der Waals surface area contributed by atoms with E-state index in [9.17, 15) is 22.4 Å². The largest absolute Gasteiger partial charge is 0.462 e. The van der Waals surface area contributed by atoms with Crippen LogP contribution in [0.4, 0.5) is 10.1 Å². The Kier molecular flexibility index (Phi) is 9.11. The summed E-state index contributed by atoms with van der Waals surface area (Å²) in [6, 6.07) is 19.4. The first-order chi connectivity index (χ1) is 16.8. The van der Waals surface area contributed by atoms with Crippen molar-refractivity contribution in [3.05, 3.63) is 95.8 Å². The lowest BCUT2D eigenvalue weighted by Crippen LogP contribution is -2.37. The maximum atomic E-state index is 13.3. The number of sulfonamides is 1. The second-order valence-corrected chi connectivity index (χ2v) is 9.77. The first-order valence-corrected chi connectivity index (χ1v) is 12.6. The van der Waals surface area contributed by atoms with E-state index < -0.39 is 34.3 Å². The Bertz CT molecular complexity index is 1230. The number of nitrogens with zero attached hydrogens (tertiary/aromatic N) is 1. The second kappa shape index (κ2) is 12.2. The van der Waals surface area contributed by atoms with E-state index in [4.69, 9.17) is 4.74 Å². The molecule has 0 saturated heterocycles. The minimum atomic E-state index is -4.09. The molecule has 0 spiro atoms. The SMILES string of the molecule is CCCCOC(=O)c1ccc(NC(=O)CN(Cc2ccccc2)S(=O)(=O)c2ccc(F)cc2)cc1. The van der Waals surface area contributed by atoms with Gasteiger partial charge in [0.2, 0.25) is 15.9 Å². The molecule has 3 rings (SSSR count). The van der Waals surface area contributed by atoms with Crippen molar-refractivity contribution in [1.82, 2.24) is 4.31 Å². The van der Waals surface area contributed by atoms with Crippen LogP contribution >= 0.6 is 0 Å². The van der Waals surface area contributed by atoms with Gasteiger partial charge in [-0.05, 0) is 60.5 Å². The summed E-state index contributed by atoms with van der Waals surface area (Å²) in [5.74, 6) is -1.57. The van der Waals surface area contributed by atoms with Gasteiger partial charge in [0, 0.05) is 12.2 Å². The van der Waals surface area contributed by atoms with Crippen molar-refractivity contribution in [2.24, 2.45) is 0 Å². The van der Waals surface area contributed by atoms with Gasteiger partial charge in [0.1, 0.15) is 5.82 Å². The van der Waals surface area contributed by atoms with Gasteiger partial charge in [0.05, 0.1) is 23.6 Å². The molecule has 0 aliphatic heterocycles. The highest BCUT2D eigenvalue weighted by Crippen LogP contribution is 2.19. The van der Waals surface area contributed by atoms with E-state index in [1.54, 1.807) is 42.5 Å². The quantitative estimate of drug-likeness (QED) is 0.308. The molecule has 7 nitrogen and oxygen atoms in total. The van der Waals surface area contributed by atoms with Crippen molar-refractivity contribution in [3.63, 3.8) is 0 Å². The molecule has 3 aromatic rings. The average Bonchev–Trinajstić information content (AvgIpc) is 2.85. The van der Waals surface area contributed by atoms with Gasteiger partial charge in [-0.2, -0.15) is 4.31 Å². The highest BCUT2D eigenvalue weighted by atomic mass is 32.2. The molecule has 0 radical (unpaired) electrons. The molecule has 0 fully saturated rings. The third-order valence-electron chi connectivity index (χ3n) is 5.11. The Morgan fingerprint density at radius 3 is 2.23 bits per heavy atom. The molecule has 184 valence electrons. The lowest BCUT2D eigenvalue weighted by atomic mass is 10.2. The fourth-order valence-corrected chi connectivity index (χ4v) is 4.60. The third kappa shape index (κ3) is 7.46. The van der Waals surface area contributed by atoms with Crippen LogP contribution in [0.1, 0.15) is 35.7 Å². The molecule has 0 atom stereocenters. The number of ether oxygens (including phenoxy) is 1. The topological polar surface area (TPSA) is 92.8 Å². The minimum Gasteiger partial charge on any atom is -0.462 e. The fraction of sp³-hybridized carbons (Fsp3) is 0.231. The summed E-state index contributed by atoms with van der Waals surface area (Å²) in [6.07, 6.45) is 1.69. The molecule has 0 unspecified atom stereocenters. The highest BCUT2D eigenvalue weighted by Gasteiger charge is 2.27. The first-order valence-electron chi connectivity index (χ1n) is 11.2. The number of carbonyl (C=O) groups is 2. The Hall–Kier alpha value is -3.56. The first kappa shape index (κ1) is 26.1. The van der Waals surface area contributed by atoms with E-state index in [0.717, 1.165) is 29.3 Å². The maximum absolute atomic E-state index is 13.3. The molecule has 0 saturated carbocycles. The summed E-state index contributed by atoms with van der Waals surface area (Å²) in [6.45, 7) is 1.83. The molecule has 1 amide bonds. The number of benzene rings is 3. The summed E-state index contributed by atoms with van der Waals surface area (Å²) < 4.78 is 46.0. The Morgan fingerprint density at radius 2 is 1.60 bits per heavy atom. The molecular weight excluding hydrogens is 471 g/mol. The van der Waals surface area contributed by atoms with Crippen LogP contribution in [0.3, 0.4) is 0 Å². The summed E-state index contributed by atoms with van der Waals surface area (Å²) in [5.41, 5.74) is 1.44. The summed E-state index contributed by atoms with van der Waals surface area (Å²) >= 11 is 0. The van der Waals surface area contributed by atoms with Gasteiger partial charge in [-0.25, -0.2) is 17.6 Å². The minimum absolute atomic E-state index is 0.0451. The van der Waals surface area contributed by atoms with Gasteiger partial charge in [0.25, 0.3) is 0 Å². The number of carbonyl (C=O) groups excluding carboxylic acids is 2. The molecule has 0 aliphatic rings. The van der Waals surface area contributed by atoms with Crippen molar-refractivity contribution in [2.75, 3.05) is 18.5 Å². The van der Waals surface area contributed by atoms with Crippen LogP contribution in [-0.2, 0) is 26.1 Å². The Labute approximate surface area is 204 Å². The van der Waals surface area contributed by atoms with Crippen LogP contribution in [0.2, 0.25) is 0 Å². The van der Waals surface area contributed by atoms with Crippen molar-refractivity contribution >= 4 is 27.6 Å². The smallest absolute Gasteiger partial charge is 0.338 e. The molecule has 1 N–H and O–H groups in total. The number of nitrogens with one attached hydrogen (secondary N) is 1. The van der Waals surface area contributed by atoms with E-state index in [2.05, 4.69) is 5.32 Å². The number of anilines is 1. The fourth-order valence-electron chi connectivity index (χ4n) is 3.21. The van der Waals surface area contributed by atoms with Crippen LogP contribution in [0.25, 0.3) is 0 Å². The Balaban J connectivity index is 1.73. The standard InChI is InChI=1S/C26H27FN2O5S/c1-2-3-17-34-26(31)21-9-13-23(14-10-21)28-25(30)19-29(18-20-7-5-4-6-8-20)35(32,33)24-15-11-22(27)12-16-24/h4-16H,2-3,17-19H2,1H3,(H,28,30). The normalized spacial score (nSPS) is 11.3. The zero-order valence-electron chi connectivity index (χ0n) is 19.3. The predicted molar refractivity (Wildman–Crippen MR) is 131 cm³/mol. The van der Waals surface area contributed by atoms with E-state index in [-0.39, 0.29) is 11.4 Å². The van der Waals surface area contributed by atoms with Crippen LogP contribution in [0, 0.1) is 5.82 Å². The second-order valence-electron chi connectivity index (χ2n) is 7.83. The van der Waals surface area contributed by atoms with Crippen molar-refractivity contribution < 1.29 is 27.1 Å². The van der Waals surface area contributed by atoms with Gasteiger partial charge in [0.15, 0.2) is 0 Å². The van der Waals surface area contributed by atoms with Gasteiger partial charge >= 0.3 is 5.97 Å². The van der Waals surface area contributed by atoms with Crippen molar-refractivity contribution in [2.45, 2.75) is 31.2 Å². The summed E-state index contributed by atoms with van der Waals surface area (Å²) in [4.78, 5) is 24.7. The number of rotatable bonds is 11. The number of hydrogen-bond acceptors (Lipinski definition) is 5. The van der Waals surface area contributed by atoms with E-state index in [1.807, 2.05) is 6.92 Å². The third-order valence-corrected chi connectivity index (χ3v) is 6.91. The van der Waals surface area contributed by atoms with Crippen LogP contribution in [-0.4, -0.2) is 37.8 Å². The molecule has 0 bridgehead atoms. The zero-order valence-corrected chi connectivity index (χ0v) is 20.1. The van der Waals surface area contributed by atoms with Gasteiger partial charge in [-0.15, -0.1) is 0 Å². The lowest BCUT2D eigenvalue weighted by Gasteiger charge is -2.22. The number of halogens is 1. The Morgan fingerprint density at radius 1 is 0.943 bits per heavy atom. The molecule has 3 aromatic carbocycles. The molecule has 0 aromatic heterocycles. The molecule has 0 aliphatic carbocycles. The number of unbranched alkanes of at least 4 members (excludes halogenated alkanes) is 1. The molecular formula is C26H27FN2O5S. The van der Waals surface area contributed by atoms with Gasteiger partial charge < -0.3 is 10.1 Å². The predicted octanol–water partition coefficient (Wildman–Crippen LogP) is 4.61. The number of esters is 1.